The second-order valence-electron chi connectivity index (χ2n) is 9.31. The van der Waals surface area contributed by atoms with Crippen molar-refractivity contribution in [3.8, 4) is 0 Å². The van der Waals surface area contributed by atoms with Crippen LogP contribution in [0.15, 0.2) is 66.9 Å². The number of esters is 1. The Hall–Kier alpha value is -3.52. The third kappa shape index (κ3) is 5.12. The summed E-state index contributed by atoms with van der Waals surface area (Å²) in [5.41, 5.74) is 0.453. The Morgan fingerprint density at radius 1 is 0.886 bits per heavy atom. The zero-order chi connectivity index (χ0) is 24.2. The number of likely N-dealkylation sites (tertiary alicyclic amines) is 1. The molecular formula is C27H30N4O4. The Morgan fingerprint density at radius 2 is 1.54 bits per heavy atom. The molecule has 1 aromatic carbocycles. The molecule has 0 bridgehead atoms. The molecular weight excluding hydrogens is 444 g/mol. The molecule has 2 saturated heterocycles. The molecule has 2 amide bonds. The van der Waals surface area contributed by atoms with E-state index in [9.17, 15) is 14.4 Å². The molecule has 1 unspecified atom stereocenters. The van der Waals surface area contributed by atoms with Crippen LogP contribution in [0.5, 0.6) is 0 Å². The van der Waals surface area contributed by atoms with Crippen LogP contribution in [0.2, 0.25) is 0 Å². The van der Waals surface area contributed by atoms with E-state index in [1.165, 1.54) is 4.90 Å². The average Bonchev–Trinajstić information content (AvgIpc) is 3.15. The normalized spacial score (nSPS) is 23.3. The van der Waals surface area contributed by atoms with Crippen LogP contribution in [0.25, 0.3) is 0 Å². The number of aromatic nitrogens is 1. The minimum Gasteiger partial charge on any atom is -0.455 e. The van der Waals surface area contributed by atoms with E-state index in [0.717, 1.165) is 32.0 Å². The third-order valence-electron chi connectivity index (χ3n) is 7.08. The van der Waals surface area contributed by atoms with Gasteiger partial charge in [0.2, 0.25) is 11.8 Å². The molecule has 0 spiro atoms. The van der Waals surface area contributed by atoms with Crippen LogP contribution in [0.1, 0.15) is 23.2 Å². The number of imide groups is 1. The highest BCUT2D eigenvalue weighted by Gasteiger charge is 2.48. The minimum atomic E-state index is -0.606. The van der Waals surface area contributed by atoms with Gasteiger partial charge < -0.3 is 9.64 Å². The van der Waals surface area contributed by atoms with Crippen LogP contribution in [0.4, 0.5) is 5.82 Å². The van der Waals surface area contributed by atoms with E-state index < -0.39 is 12.1 Å². The topological polar surface area (TPSA) is 83.1 Å². The first-order chi connectivity index (χ1) is 17.1. The molecule has 2 fully saturated rings. The second-order valence-corrected chi connectivity index (χ2v) is 9.31. The van der Waals surface area contributed by atoms with Crippen LogP contribution in [0.3, 0.4) is 0 Å². The van der Waals surface area contributed by atoms with Crippen LogP contribution in [0, 0.1) is 11.8 Å². The lowest BCUT2D eigenvalue weighted by molar-refractivity contribution is -0.141. The fourth-order valence-corrected chi connectivity index (χ4v) is 5.17. The molecule has 3 aliphatic rings. The van der Waals surface area contributed by atoms with Crippen molar-refractivity contribution in [2.24, 2.45) is 11.8 Å². The number of ether oxygens (including phenoxy) is 1. The molecule has 2 aromatic rings. The summed E-state index contributed by atoms with van der Waals surface area (Å²) in [6.45, 7) is 3.69. The Labute approximate surface area is 205 Å². The van der Waals surface area contributed by atoms with Crippen LogP contribution >= 0.6 is 0 Å². The predicted octanol–water partition coefficient (Wildman–Crippen LogP) is 2.38. The van der Waals surface area contributed by atoms with E-state index in [-0.39, 0.29) is 30.2 Å². The largest absolute Gasteiger partial charge is 0.455 e. The van der Waals surface area contributed by atoms with Gasteiger partial charge in [0.15, 0.2) is 0 Å². The molecule has 182 valence electrons. The Morgan fingerprint density at radius 3 is 2.17 bits per heavy atom. The molecule has 35 heavy (non-hydrogen) atoms. The van der Waals surface area contributed by atoms with Crippen LogP contribution in [-0.2, 0) is 14.3 Å². The molecule has 0 saturated carbocycles. The number of rotatable bonds is 7. The van der Waals surface area contributed by atoms with E-state index in [0.29, 0.717) is 24.9 Å². The van der Waals surface area contributed by atoms with Crippen molar-refractivity contribution < 1.29 is 19.1 Å². The number of pyridine rings is 1. The number of allylic oxidation sites excluding steroid dienone is 2. The van der Waals surface area contributed by atoms with E-state index >= 15 is 0 Å². The van der Waals surface area contributed by atoms with Crippen molar-refractivity contribution in [3.63, 3.8) is 0 Å². The fraction of sp³-hybridized carbons (Fsp3) is 0.407. The van der Waals surface area contributed by atoms with E-state index in [1.54, 1.807) is 30.5 Å². The summed E-state index contributed by atoms with van der Waals surface area (Å²) in [5, 5.41) is 0. The van der Waals surface area contributed by atoms with E-state index in [4.69, 9.17) is 4.74 Å². The lowest BCUT2D eigenvalue weighted by atomic mass is 9.85. The van der Waals surface area contributed by atoms with Gasteiger partial charge in [-0.2, -0.15) is 0 Å². The van der Waals surface area contributed by atoms with Gasteiger partial charge in [0.05, 0.1) is 23.9 Å². The highest BCUT2D eigenvalue weighted by Crippen LogP contribution is 2.35. The first-order valence-electron chi connectivity index (χ1n) is 12.2. The highest BCUT2D eigenvalue weighted by molar-refractivity contribution is 6.05. The van der Waals surface area contributed by atoms with Crippen LogP contribution in [-0.4, -0.2) is 77.9 Å². The number of carbonyl (C=O) groups excluding carboxylic acids is 3. The Kier molecular flexibility index (Phi) is 6.90. The second kappa shape index (κ2) is 10.4. The maximum Gasteiger partial charge on any atom is 0.338 e. The number of fused-ring (bicyclic) bond motifs is 1. The van der Waals surface area contributed by atoms with Gasteiger partial charge in [-0.25, -0.2) is 9.78 Å². The molecule has 5 rings (SSSR count). The Bertz CT molecular complexity index is 1060. The van der Waals surface area contributed by atoms with Gasteiger partial charge >= 0.3 is 5.97 Å². The molecule has 3 atom stereocenters. The summed E-state index contributed by atoms with van der Waals surface area (Å²) < 4.78 is 5.89. The lowest BCUT2D eigenvalue weighted by Gasteiger charge is -2.37. The molecule has 3 heterocycles. The average molecular weight is 475 g/mol. The first-order valence-corrected chi connectivity index (χ1v) is 12.2. The summed E-state index contributed by atoms with van der Waals surface area (Å²) in [7, 11) is 0. The summed E-state index contributed by atoms with van der Waals surface area (Å²) in [4.78, 5) is 49.2. The number of anilines is 1. The van der Waals surface area contributed by atoms with Gasteiger partial charge in [-0.3, -0.25) is 19.4 Å². The third-order valence-corrected chi connectivity index (χ3v) is 7.08. The van der Waals surface area contributed by atoms with Crippen molar-refractivity contribution >= 4 is 23.6 Å². The van der Waals surface area contributed by atoms with Gasteiger partial charge in [0, 0.05) is 38.9 Å². The minimum absolute atomic E-state index is 0.0870. The van der Waals surface area contributed by atoms with Crippen molar-refractivity contribution in [1.82, 2.24) is 14.8 Å². The highest BCUT2D eigenvalue weighted by atomic mass is 16.5. The van der Waals surface area contributed by atoms with Crippen molar-refractivity contribution in [2.45, 2.75) is 18.9 Å². The van der Waals surface area contributed by atoms with Crippen molar-refractivity contribution in [2.75, 3.05) is 44.2 Å². The fourth-order valence-electron chi connectivity index (χ4n) is 5.17. The first kappa shape index (κ1) is 23.2. The van der Waals surface area contributed by atoms with Gasteiger partial charge in [0.1, 0.15) is 11.9 Å². The molecule has 1 aromatic heterocycles. The van der Waals surface area contributed by atoms with Crippen molar-refractivity contribution in [3.05, 3.63) is 72.4 Å². The summed E-state index contributed by atoms with van der Waals surface area (Å²) >= 11 is 0. The molecule has 8 nitrogen and oxygen atoms in total. The van der Waals surface area contributed by atoms with Gasteiger partial charge in [-0.15, -0.1) is 0 Å². The number of nitrogens with zero attached hydrogens (tertiary/aromatic N) is 4. The maximum absolute atomic E-state index is 13.0. The number of hydrogen-bond donors (Lipinski definition) is 0. The van der Waals surface area contributed by atoms with Gasteiger partial charge in [-0.1, -0.05) is 36.4 Å². The predicted molar refractivity (Wildman–Crippen MR) is 131 cm³/mol. The molecule has 0 N–H and O–H groups in total. The summed E-state index contributed by atoms with van der Waals surface area (Å²) in [6.07, 6.45) is 6.32. The molecule has 2 aliphatic heterocycles. The van der Waals surface area contributed by atoms with E-state index in [1.807, 2.05) is 36.4 Å². The SMILES string of the molecule is O=C(OC(CN1CCN(c2ccccn2)CC1)CN1C(=O)[C@H]2CC=CC[C@H]2C1=O)c1ccccc1. The standard InChI is InChI=1S/C27H30N4O4/c32-25-22-10-4-5-11-23(22)26(33)31(25)19-21(35-27(34)20-8-2-1-3-9-20)18-29-14-16-30(17-15-29)24-12-6-7-13-28-24/h1-9,12-13,21-23H,10-11,14-19H2/t21?,22-,23+. The zero-order valence-corrected chi connectivity index (χ0v) is 19.7. The monoisotopic (exact) mass is 474 g/mol. The summed E-state index contributed by atoms with van der Waals surface area (Å²) in [5.74, 6) is -0.375. The van der Waals surface area contributed by atoms with E-state index in [2.05, 4.69) is 14.8 Å². The Balaban J connectivity index is 1.27. The van der Waals surface area contributed by atoms with Gasteiger partial charge in [0.25, 0.3) is 0 Å². The smallest absolute Gasteiger partial charge is 0.338 e. The zero-order valence-electron chi connectivity index (χ0n) is 19.7. The molecule has 0 radical (unpaired) electrons. The lowest BCUT2D eigenvalue weighted by Crippen LogP contribution is -2.51. The number of benzene rings is 1. The number of carbonyl (C=O) groups is 3. The number of piperazine rings is 1. The summed E-state index contributed by atoms with van der Waals surface area (Å²) in [6, 6.07) is 14.7. The quantitative estimate of drug-likeness (QED) is 0.346. The van der Waals surface area contributed by atoms with Crippen molar-refractivity contribution in [1.29, 1.82) is 0 Å². The molecule has 1 aliphatic carbocycles. The number of amides is 2. The van der Waals surface area contributed by atoms with Crippen LogP contribution < -0.4 is 4.90 Å². The maximum atomic E-state index is 13.0. The van der Waals surface area contributed by atoms with Gasteiger partial charge in [-0.05, 0) is 37.1 Å². The molecule has 8 heteroatoms. The number of hydrogen-bond acceptors (Lipinski definition) is 7.